The van der Waals surface area contributed by atoms with Crippen molar-refractivity contribution in [3.63, 3.8) is 0 Å². The van der Waals surface area contributed by atoms with Crippen LogP contribution in [0.25, 0.3) is 33.5 Å². The van der Waals surface area contributed by atoms with Gasteiger partial charge < -0.3 is 20.0 Å². The van der Waals surface area contributed by atoms with Gasteiger partial charge in [-0.05, 0) is 42.4 Å². The number of ether oxygens (including phenoxy) is 1. The molecule has 0 aliphatic carbocycles. The van der Waals surface area contributed by atoms with E-state index in [1.807, 2.05) is 12.1 Å². The van der Waals surface area contributed by atoms with E-state index in [0.29, 0.717) is 29.2 Å². The SMILES string of the molecule is C[Si](C)(C)CCOCn1c(-c2ccnc3[nH]ccc23)cc(C(N)=O)c1-c1ccc(F)c(F)c1. The molecule has 172 valence electrons. The van der Waals surface area contributed by atoms with Gasteiger partial charge in [-0.25, -0.2) is 13.8 Å². The molecular weight excluding hydrogens is 442 g/mol. The van der Waals surface area contributed by atoms with Gasteiger partial charge in [-0.1, -0.05) is 19.6 Å². The summed E-state index contributed by atoms with van der Waals surface area (Å²) in [6, 6.07) is 9.90. The monoisotopic (exact) mass is 468 g/mol. The van der Waals surface area contributed by atoms with Gasteiger partial charge in [-0.15, -0.1) is 0 Å². The van der Waals surface area contributed by atoms with Crippen molar-refractivity contribution in [3.8, 4) is 22.5 Å². The first-order valence-corrected chi connectivity index (χ1v) is 14.4. The Morgan fingerprint density at radius 2 is 1.94 bits per heavy atom. The summed E-state index contributed by atoms with van der Waals surface area (Å²) in [5.74, 6) is -2.64. The number of amides is 1. The van der Waals surface area contributed by atoms with Crippen LogP contribution >= 0.6 is 0 Å². The Morgan fingerprint density at radius 3 is 2.64 bits per heavy atom. The Morgan fingerprint density at radius 1 is 1.15 bits per heavy atom. The van der Waals surface area contributed by atoms with Crippen molar-refractivity contribution in [2.45, 2.75) is 32.4 Å². The number of halogens is 2. The van der Waals surface area contributed by atoms with Crippen molar-refractivity contribution < 1.29 is 18.3 Å². The number of hydrogen-bond acceptors (Lipinski definition) is 3. The highest BCUT2D eigenvalue weighted by molar-refractivity contribution is 6.76. The number of primary amides is 1. The third-order valence-corrected chi connectivity index (χ3v) is 7.21. The van der Waals surface area contributed by atoms with E-state index < -0.39 is 25.6 Å². The number of nitrogens with one attached hydrogen (secondary N) is 1. The van der Waals surface area contributed by atoms with Crippen LogP contribution in [0, 0.1) is 11.6 Å². The molecular formula is C24H26F2N4O2Si. The molecule has 0 spiro atoms. The van der Waals surface area contributed by atoms with Gasteiger partial charge in [0.1, 0.15) is 12.4 Å². The molecule has 0 unspecified atom stereocenters. The fourth-order valence-electron chi connectivity index (χ4n) is 3.77. The molecule has 0 aliphatic heterocycles. The minimum atomic E-state index is -1.32. The summed E-state index contributed by atoms with van der Waals surface area (Å²) in [7, 11) is -1.32. The number of fused-ring (bicyclic) bond motifs is 1. The largest absolute Gasteiger partial charge is 0.366 e. The minimum Gasteiger partial charge on any atom is -0.366 e. The number of carbonyl (C=O) groups is 1. The third-order valence-electron chi connectivity index (χ3n) is 5.51. The van der Waals surface area contributed by atoms with Gasteiger partial charge in [-0.3, -0.25) is 4.79 Å². The Kier molecular flexibility index (Phi) is 6.18. The van der Waals surface area contributed by atoms with E-state index >= 15 is 0 Å². The number of nitrogens with two attached hydrogens (primary N) is 1. The highest BCUT2D eigenvalue weighted by atomic mass is 28.3. The number of aromatic amines is 1. The zero-order chi connectivity index (χ0) is 23.8. The Bertz CT molecular complexity index is 1320. The van der Waals surface area contributed by atoms with Crippen molar-refractivity contribution >= 4 is 25.0 Å². The summed E-state index contributed by atoms with van der Waals surface area (Å²) in [6.07, 6.45) is 3.45. The lowest BCUT2D eigenvalue weighted by Gasteiger charge is -2.18. The maximum atomic E-state index is 14.1. The van der Waals surface area contributed by atoms with E-state index in [4.69, 9.17) is 10.5 Å². The molecule has 0 atom stereocenters. The molecule has 0 fully saturated rings. The zero-order valence-electron chi connectivity index (χ0n) is 18.8. The molecule has 3 aromatic heterocycles. The van der Waals surface area contributed by atoms with Crippen LogP contribution in [0.2, 0.25) is 25.7 Å². The van der Waals surface area contributed by atoms with E-state index in [1.54, 1.807) is 23.0 Å². The van der Waals surface area contributed by atoms with Crippen LogP contribution in [0.15, 0.2) is 48.8 Å². The smallest absolute Gasteiger partial charge is 0.250 e. The molecule has 0 saturated heterocycles. The summed E-state index contributed by atoms with van der Waals surface area (Å²) in [5.41, 5.74) is 8.80. The second-order valence-electron chi connectivity index (χ2n) is 9.16. The van der Waals surface area contributed by atoms with Crippen LogP contribution in [0.1, 0.15) is 10.4 Å². The van der Waals surface area contributed by atoms with E-state index in [2.05, 4.69) is 29.6 Å². The fourth-order valence-corrected chi connectivity index (χ4v) is 4.52. The molecule has 1 amide bonds. The van der Waals surface area contributed by atoms with Crippen LogP contribution in [0.4, 0.5) is 8.78 Å². The minimum absolute atomic E-state index is 0.121. The van der Waals surface area contributed by atoms with Crippen molar-refractivity contribution in [2.24, 2.45) is 5.73 Å². The predicted molar refractivity (Wildman–Crippen MR) is 127 cm³/mol. The van der Waals surface area contributed by atoms with Gasteiger partial charge in [0.15, 0.2) is 11.6 Å². The molecule has 4 aromatic rings. The summed E-state index contributed by atoms with van der Waals surface area (Å²) in [4.78, 5) is 19.8. The lowest BCUT2D eigenvalue weighted by Crippen LogP contribution is -2.22. The molecule has 33 heavy (non-hydrogen) atoms. The molecule has 0 radical (unpaired) electrons. The number of pyridine rings is 1. The van der Waals surface area contributed by atoms with Gasteiger partial charge in [0, 0.05) is 43.6 Å². The highest BCUT2D eigenvalue weighted by Gasteiger charge is 2.23. The van der Waals surface area contributed by atoms with E-state index in [0.717, 1.165) is 29.1 Å². The second kappa shape index (κ2) is 8.91. The lowest BCUT2D eigenvalue weighted by molar-refractivity contribution is 0.0893. The Balaban J connectivity index is 1.89. The molecule has 4 rings (SSSR count). The molecule has 6 nitrogen and oxygen atoms in total. The fraction of sp³-hybridized carbons (Fsp3) is 0.250. The van der Waals surface area contributed by atoms with Gasteiger partial charge in [0.25, 0.3) is 5.91 Å². The molecule has 1 aromatic carbocycles. The molecule has 3 heterocycles. The highest BCUT2D eigenvalue weighted by Crippen LogP contribution is 2.36. The molecule has 3 N–H and O–H groups in total. The van der Waals surface area contributed by atoms with Crippen LogP contribution in [-0.2, 0) is 11.5 Å². The standard InChI is InChI=1S/C24H26F2N4O2Si/c1-33(2,3)11-10-32-14-30-21(16-6-8-28-24-17(16)7-9-29-24)13-18(23(27)31)22(30)15-4-5-19(25)20(26)12-15/h4-9,12-13H,10-11,14H2,1-3H3,(H2,27,31)(H,28,29). The number of nitrogens with zero attached hydrogens (tertiary/aromatic N) is 2. The average Bonchev–Trinajstić information content (AvgIpc) is 3.37. The number of carbonyl (C=O) groups excluding carboxylic acids is 1. The lowest BCUT2D eigenvalue weighted by atomic mass is 10.1. The topological polar surface area (TPSA) is 85.9 Å². The number of H-pyrrole nitrogens is 1. The maximum absolute atomic E-state index is 14.1. The van der Waals surface area contributed by atoms with E-state index in [1.165, 1.54) is 6.07 Å². The second-order valence-corrected chi connectivity index (χ2v) is 14.8. The summed E-state index contributed by atoms with van der Waals surface area (Å²) >= 11 is 0. The molecule has 0 saturated carbocycles. The van der Waals surface area contributed by atoms with Crippen LogP contribution in [0.3, 0.4) is 0 Å². The first kappa shape index (κ1) is 22.9. The van der Waals surface area contributed by atoms with Gasteiger partial charge >= 0.3 is 0 Å². The number of aromatic nitrogens is 3. The average molecular weight is 469 g/mol. The van der Waals surface area contributed by atoms with Gasteiger partial charge in [0.05, 0.1) is 17.0 Å². The van der Waals surface area contributed by atoms with Crippen molar-refractivity contribution in [2.75, 3.05) is 6.61 Å². The van der Waals surface area contributed by atoms with Gasteiger partial charge in [-0.2, -0.15) is 0 Å². The summed E-state index contributed by atoms with van der Waals surface area (Å²) in [5, 5.41) is 0.853. The number of hydrogen-bond donors (Lipinski definition) is 2. The first-order valence-electron chi connectivity index (χ1n) is 10.6. The molecule has 9 heteroatoms. The van der Waals surface area contributed by atoms with E-state index in [9.17, 15) is 13.6 Å². The van der Waals surface area contributed by atoms with Crippen LogP contribution in [0.5, 0.6) is 0 Å². The quantitative estimate of drug-likeness (QED) is 0.269. The Labute approximate surface area is 191 Å². The van der Waals surface area contributed by atoms with Gasteiger partial charge in [0.2, 0.25) is 0 Å². The normalized spacial score (nSPS) is 11.9. The van der Waals surface area contributed by atoms with Crippen molar-refractivity contribution in [1.29, 1.82) is 0 Å². The first-order chi connectivity index (χ1) is 15.7. The number of benzene rings is 1. The zero-order valence-corrected chi connectivity index (χ0v) is 19.8. The maximum Gasteiger partial charge on any atom is 0.250 e. The van der Waals surface area contributed by atoms with Crippen LogP contribution < -0.4 is 5.73 Å². The van der Waals surface area contributed by atoms with Crippen LogP contribution in [-0.4, -0.2) is 35.1 Å². The molecule has 0 aliphatic rings. The number of rotatable bonds is 8. The summed E-state index contributed by atoms with van der Waals surface area (Å²) < 4.78 is 35.6. The van der Waals surface area contributed by atoms with E-state index in [-0.39, 0.29) is 12.3 Å². The Hall–Kier alpha value is -3.30. The van der Waals surface area contributed by atoms with Crippen molar-refractivity contribution in [1.82, 2.24) is 14.5 Å². The summed E-state index contributed by atoms with van der Waals surface area (Å²) in [6.45, 7) is 7.45. The van der Waals surface area contributed by atoms with Crippen molar-refractivity contribution in [3.05, 3.63) is 66.0 Å². The third kappa shape index (κ3) is 4.74. The molecule has 0 bridgehead atoms. The predicted octanol–water partition coefficient (Wildman–Crippen LogP) is 5.39.